The van der Waals surface area contributed by atoms with Gasteiger partial charge in [0.2, 0.25) is 5.88 Å². The van der Waals surface area contributed by atoms with Crippen LogP contribution in [-0.2, 0) is 12.7 Å². The topological polar surface area (TPSA) is 48.1 Å². The maximum atomic E-state index is 13.0. The van der Waals surface area contributed by atoms with Crippen LogP contribution in [0.4, 0.5) is 13.2 Å². The number of aromatic nitrogens is 1. The minimum absolute atomic E-state index is 0.0244. The molecule has 0 aliphatic carbocycles. The summed E-state index contributed by atoms with van der Waals surface area (Å²) >= 11 is 3.17. The molecule has 0 unspecified atom stereocenters. The largest absolute Gasteiger partial charge is 0.437 e. The summed E-state index contributed by atoms with van der Waals surface area (Å²) in [7, 11) is 0. The molecule has 2 aromatic rings. The van der Waals surface area contributed by atoms with Crippen molar-refractivity contribution in [1.82, 2.24) is 4.98 Å². The second-order valence-corrected chi connectivity index (χ2v) is 4.78. The number of benzene rings is 1. The number of ether oxygens (including phenoxy) is 1. The second kappa shape index (κ2) is 5.80. The number of halogens is 4. The van der Waals surface area contributed by atoms with Crippen molar-refractivity contribution in [1.29, 1.82) is 0 Å². The highest BCUT2D eigenvalue weighted by Crippen LogP contribution is 2.39. The molecule has 0 radical (unpaired) electrons. The number of pyridine rings is 1. The van der Waals surface area contributed by atoms with Gasteiger partial charge in [0.25, 0.3) is 0 Å². The van der Waals surface area contributed by atoms with Crippen LogP contribution in [0.2, 0.25) is 0 Å². The van der Waals surface area contributed by atoms with E-state index in [1.54, 1.807) is 12.1 Å². The van der Waals surface area contributed by atoms with E-state index in [9.17, 15) is 13.2 Å². The van der Waals surface area contributed by atoms with Crippen molar-refractivity contribution in [3.8, 4) is 11.6 Å². The van der Waals surface area contributed by atoms with Gasteiger partial charge in [-0.2, -0.15) is 13.2 Å². The Morgan fingerprint density at radius 2 is 2.00 bits per heavy atom. The number of nitrogens with zero attached hydrogens (tertiary/aromatic N) is 1. The third kappa shape index (κ3) is 3.29. The van der Waals surface area contributed by atoms with Crippen molar-refractivity contribution in [2.75, 3.05) is 0 Å². The molecule has 0 saturated heterocycles. The molecule has 3 nitrogen and oxygen atoms in total. The summed E-state index contributed by atoms with van der Waals surface area (Å²) in [4.78, 5) is 3.88. The highest BCUT2D eigenvalue weighted by Gasteiger charge is 2.35. The van der Waals surface area contributed by atoms with E-state index in [2.05, 4.69) is 20.9 Å². The molecule has 0 spiro atoms. The summed E-state index contributed by atoms with van der Waals surface area (Å²) in [6.45, 7) is 0.0244. The van der Waals surface area contributed by atoms with Gasteiger partial charge in [0.05, 0.1) is 10.0 Å². The van der Waals surface area contributed by atoms with E-state index in [0.29, 0.717) is 10.0 Å². The monoisotopic (exact) mass is 346 g/mol. The first-order chi connectivity index (χ1) is 9.41. The Morgan fingerprint density at radius 1 is 1.25 bits per heavy atom. The SMILES string of the molecule is NCc1ccc(Oc2ncccc2Br)c(C(F)(F)F)c1. The molecular formula is C13H10BrF3N2O. The third-order valence-electron chi connectivity index (χ3n) is 2.52. The molecule has 106 valence electrons. The lowest BCUT2D eigenvalue weighted by atomic mass is 10.1. The van der Waals surface area contributed by atoms with E-state index in [1.165, 1.54) is 18.3 Å². The predicted octanol–water partition coefficient (Wildman–Crippen LogP) is 4.11. The van der Waals surface area contributed by atoms with E-state index in [0.717, 1.165) is 6.07 Å². The quantitative estimate of drug-likeness (QED) is 0.909. The minimum Gasteiger partial charge on any atom is -0.437 e. The summed E-state index contributed by atoms with van der Waals surface area (Å²) in [5, 5.41) is 0. The molecule has 0 amide bonds. The van der Waals surface area contributed by atoms with Crippen LogP contribution in [0.5, 0.6) is 11.6 Å². The summed E-state index contributed by atoms with van der Waals surface area (Å²) in [5.74, 6) is -0.243. The molecule has 1 aromatic heterocycles. The van der Waals surface area contributed by atoms with Crippen LogP contribution in [0.25, 0.3) is 0 Å². The fraction of sp³-hybridized carbons (Fsp3) is 0.154. The first kappa shape index (κ1) is 14.8. The van der Waals surface area contributed by atoms with Crippen LogP contribution in [0.3, 0.4) is 0 Å². The minimum atomic E-state index is -4.53. The normalized spacial score (nSPS) is 11.4. The Balaban J connectivity index is 2.44. The zero-order valence-electron chi connectivity index (χ0n) is 10.1. The van der Waals surface area contributed by atoms with Gasteiger partial charge in [0, 0.05) is 12.7 Å². The number of rotatable bonds is 3. The van der Waals surface area contributed by atoms with Crippen LogP contribution < -0.4 is 10.5 Å². The fourth-order valence-electron chi connectivity index (χ4n) is 1.57. The van der Waals surface area contributed by atoms with Gasteiger partial charge in [-0.15, -0.1) is 0 Å². The summed E-state index contributed by atoms with van der Waals surface area (Å²) in [5.41, 5.74) is 4.86. The Morgan fingerprint density at radius 3 is 2.60 bits per heavy atom. The number of hydrogen-bond acceptors (Lipinski definition) is 3. The molecule has 1 heterocycles. The van der Waals surface area contributed by atoms with E-state index >= 15 is 0 Å². The zero-order valence-corrected chi connectivity index (χ0v) is 11.7. The first-order valence-corrected chi connectivity index (χ1v) is 6.39. The molecular weight excluding hydrogens is 337 g/mol. The van der Waals surface area contributed by atoms with Gasteiger partial charge < -0.3 is 10.5 Å². The molecule has 0 bridgehead atoms. The molecule has 20 heavy (non-hydrogen) atoms. The van der Waals surface area contributed by atoms with E-state index < -0.39 is 11.7 Å². The van der Waals surface area contributed by atoms with Crippen molar-refractivity contribution < 1.29 is 17.9 Å². The first-order valence-electron chi connectivity index (χ1n) is 5.60. The van der Waals surface area contributed by atoms with Gasteiger partial charge >= 0.3 is 6.18 Å². The Bertz CT molecular complexity index is 617. The van der Waals surface area contributed by atoms with Gasteiger partial charge in [-0.05, 0) is 45.8 Å². The number of alkyl halides is 3. The maximum absolute atomic E-state index is 13.0. The summed E-state index contributed by atoms with van der Waals surface area (Å²) in [6.07, 6.45) is -3.09. The number of nitrogens with two attached hydrogens (primary N) is 1. The lowest BCUT2D eigenvalue weighted by Crippen LogP contribution is -2.09. The molecule has 0 aliphatic heterocycles. The summed E-state index contributed by atoms with van der Waals surface area (Å²) < 4.78 is 44.8. The van der Waals surface area contributed by atoms with Crippen molar-refractivity contribution in [3.05, 3.63) is 52.1 Å². The standard InChI is InChI=1S/C13H10BrF3N2O/c14-10-2-1-5-19-12(10)20-11-4-3-8(7-18)6-9(11)13(15,16)17/h1-6H,7,18H2. The molecule has 0 saturated carbocycles. The second-order valence-electron chi connectivity index (χ2n) is 3.92. The zero-order chi connectivity index (χ0) is 14.8. The molecule has 7 heteroatoms. The average molecular weight is 347 g/mol. The molecule has 2 rings (SSSR count). The average Bonchev–Trinajstić information content (AvgIpc) is 2.40. The Labute approximate surface area is 121 Å². The predicted molar refractivity (Wildman–Crippen MR) is 71.3 cm³/mol. The molecule has 2 N–H and O–H groups in total. The Kier molecular flexibility index (Phi) is 4.29. The highest BCUT2D eigenvalue weighted by atomic mass is 79.9. The van der Waals surface area contributed by atoms with Gasteiger partial charge in [-0.1, -0.05) is 6.07 Å². The van der Waals surface area contributed by atoms with Gasteiger partial charge in [0.1, 0.15) is 5.75 Å². The van der Waals surface area contributed by atoms with Crippen molar-refractivity contribution in [3.63, 3.8) is 0 Å². The van der Waals surface area contributed by atoms with Crippen LogP contribution in [0.15, 0.2) is 41.0 Å². The Hall–Kier alpha value is -1.60. The van der Waals surface area contributed by atoms with Gasteiger partial charge in [0.15, 0.2) is 0 Å². The van der Waals surface area contributed by atoms with Gasteiger partial charge in [-0.3, -0.25) is 0 Å². The van der Waals surface area contributed by atoms with Crippen LogP contribution in [0, 0.1) is 0 Å². The molecule has 0 aliphatic rings. The smallest absolute Gasteiger partial charge is 0.419 e. The van der Waals surface area contributed by atoms with E-state index in [1.807, 2.05) is 0 Å². The third-order valence-corrected chi connectivity index (χ3v) is 3.12. The number of hydrogen-bond donors (Lipinski definition) is 1. The van der Waals surface area contributed by atoms with Crippen LogP contribution in [-0.4, -0.2) is 4.98 Å². The lowest BCUT2D eigenvalue weighted by molar-refractivity contribution is -0.138. The van der Waals surface area contributed by atoms with Crippen LogP contribution in [0.1, 0.15) is 11.1 Å². The molecule has 1 aromatic carbocycles. The maximum Gasteiger partial charge on any atom is 0.419 e. The van der Waals surface area contributed by atoms with Crippen molar-refractivity contribution >= 4 is 15.9 Å². The fourth-order valence-corrected chi connectivity index (χ4v) is 1.90. The highest BCUT2D eigenvalue weighted by molar-refractivity contribution is 9.10. The molecule has 0 fully saturated rings. The lowest BCUT2D eigenvalue weighted by Gasteiger charge is -2.14. The molecule has 0 atom stereocenters. The van der Waals surface area contributed by atoms with E-state index in [4.69, 9.17) is 10.5 Å². The van der Waals surface area contributed by atoms with Crippen LogP contribution >= 0.6 is 15.9 Å². The van der Waals surface area contributed by atoms with Crippen molar-refractivity contribution in [2.24, 2.45) is 5.73 Å². The summed E-state index contributed by atoms with van der Waals surface area (Å²) in [6, 6.07) is 6.97. The van der Waals surface area contributed by atoms with E-state index in [-0.39, 0.29) is 18.2 Å². The van der Waals surface area contributed by atoms with Gasteiger partial charge in [-0.25, -0.2) is 4.98 Å². The van der Waals surface area contributed by atoms with Crippen molar-refractivity contribution in [2.45, 2.75) is 12.7 Å².